The Hall–Kier alpha value is -9.94. The molecule has 4 aliphatic carbocycles. The summed E-state index contributed by atoms with van der Waals surface area (Å²) in [6.07, 6.45) is 25.3. The van der Waals surface area contributed by atoms with E-state index in [-0.39, 0.29) is 104 Å². The Balaban J connectivity index is 0.000000271. The predicted molar refractivity (Wildman–Crippen MR) is 568 cm³/mol. The van der Waals surface area contributed by atoms with Gasteiger partial charge in [0.1, 0.15) is 0 Å². The highest BCUT2D eigenvalue weighted by Gasteiger charge is 2.32. The fraction of sp³-hybridized carbons (Fsp3) is 0.327. The third-order valence-electron chi connectivity index (χ3n) is 23.1. The number of sulfonamides is 2. The van der Waals surface area contributed by atoms with Crippen LogP contribution in [-0.2, 0) is 67.6 Å². The van der Waals surface area contributed by atoms with Crippen molar-refractivity contribution in [1.82, 2.24) is 20.1 Å². The SMILES string of the molecule is C.C.CC1=CCC(COCCN[C@H](c2ccccc2)[C@H](NS(=O)(=O)c2ccc(C)cc2)c2ccccc2)=CC1.CC1=CCC(COCCOS(=O)(=O)c2ccc(C)cc2)=CC1.CC1=CCC=C(COCCN[C@H](c2ccccc2)[C@H](NS(=O)(=O)c2ccc(C)cc2)c2ccccc2)C1.CC1=CCC=C(COCCOS(=O)(=O)c2ccc(C)cc2)C1.C[C@H](c1ccccc1)[C@H](N)c1ccccc1.Cl.Cl. The Kier molecular flexibility index (Phi) is 51.5. The summed E-state index contributed by atoms with van der Waals surface area (Å²) < 4.78 is 141. The predicted octanol–water partition coefficient (Wildman–Crippen LogP) is 24.4. The first kappa shape index (κ1) is 117. The molecule has 6 N–H and O–H groups in total. The molecule has 0 bridgehead atoms. The van der Waals surface area contributed by atoms with E-state index < -0.39 is 52.4 Å². The zero-order chi connectivity index (χ0) is 95.6. The zero-order valence-electron chi connectivity index (χ0n) is 79.5. The molecule has 0 saturated heterocycles. The average Bonchev–Trinajstić information content (AvgIpc) is 0.805. The van der Waals surface area contributed by atoms with Gasteiger partial charge >= 0.3 is 0 Å². The third-order valence-corrected chi connectivity index (χ3v) is 28.7. The molecule has 0 radical (unpaired) electrons. The van der Waals surface area contributed by atoms with Gasteiger partial charge in [0.2, 0.25) is 20.0 Å². The molecule has 138 heavy (non-hydrogen) atoms. The van der Waals surface area contributed by atoms with E-state index >= 15 is 0 Å². The first-order valence-electron chi connectivity index (χ1n) is 45.9. The highest BCUT2D eigenvalue weighted by molar-refractivity contribution is 7.90. The van der Waals surface area contributed by atoms with Gasteiger partial charge in [-0.3, -0.25) is 8.37 Å². The average molecular weight is 1990 g/mol. The van der Waals surface area contributed by atoms with Crippen molar-refractivity contribution in [2.45, 2.75) is 184 Å². The Morgan fingerprint density at radius 1 is 0.290 bits per heavy atom. The third kappa shape index (κ3) is 40.0. The molecular weight excluding hydrogens is 1850 g/mol. The lowest BCUT2D eigenvalue weighted by Crippen LogP contribution is -2.39. The van der Waals surface area contributed by atoms with Crippen molar-refractivity contribution in [2.75, 3.05) is 79.2 Å². The number of nitrogens with two attached hydrogens (primary N) is 1. The van der Waals surface area contributed by atoms with E-state index in [1.54, 1.807) is 72.8 Å². The smallest absolute Gasteiger partial charge is 0.297 e. The Labute approximate surface area is 836 Å². The van der Waals surface area contributed by atoms with Crippen LogP contribution in [-0.4, -0.2) is 113 Å². The molecule has 14 rings (SSSR count). The van der Waals surface area contributed by atoms with Gasteiger partial charge in [-0.2, -0.15) is 16.8 Å². The van der Waals surface area contributed by atoms with Gasteiger partial charge in [-0.05, 0) is 211 Å². The number of benzene rings is 10. The number of ether oxygens (including phenoxy) is 4. The van der Waals surface area contributed by atoms with Gasteiger partial charge in [0.25, 0.3) is 20.2 Å². The van der Waals surface area contributed by atoms with Crippen LogP contribution in [0.1, 0.15) is 193 Å². The van der Waals surface area contributed by atoms with Gasteiger partial charge in [-0.15, -0.1) is 24.8 Å². The molecule has 19 nitrogen and oxygen atoms in total. The lowest BCUT2D eigenvalue weighted by Gasteiger charge is -2.30. The van der Waals surface area contributed by atoms with E-state index in [1.807, 2.05) is 198 Å². The summed E-state index contributed by atoms with van der Waals surface area (Å²) in [7, 11) is -14.9. The summed E-state index contributed by atoms with van der Waals surface area (Å²) in [5.41, 5.74) is 27.1. The molecule has 4 aliphatic rings. The van der Waals surface area contributed by atoms with Crippen LogP contribution in [0.5, 0.6) is 0 Å². The van der Waals surface area contributed by atoms with Crippen molar-refractivity contribution < 1.29 is 61.0 Å². The fourth-order valence-corrected chi connectivity index (χ4v) is 19.5. The van der Waals surface area contributed by atoms with E-state index in [9.17, 15) is 33.7 Å². The Bertz CT molecular complexity index is 5980. The second kappa shape index (κ2) is 60.9. The molecular formula is C113H143Cl2N5O14S4. The summed E-state index contributed by atoms with van der Waals surface area (Å²) in [4.78, 5) is 0.848. The second-order valence-electron chi connectivity index (χ2n) is 34.1. The number of rotatable bonds is 41. The highest BCUT2D eigenvalue weighted by atomic mass is 35.5. The van der Waals surface area contributed by atoms with Crippen molar-refractivity contribution in [2.24, 2.45) is 5.73 Å². The first-order chi connectivity index (χ1) is 64.6. The van der Waals surface area contributed by atoms with Crippen LogP contribution in [0.4, 0.5) is 0 Å². The number of hydrogen-bond donors (Lipinski definition) is 5. The van der Waals surface area contributed by atoms with Crippen LogP contribution in [0, 0.1) is 27.7 Å². The fourth-order valence-electron chi connectivity index (χ4n) is 15.2. The molecule has 10 aromatic rings. The van der Waals surface area contributed by atoms with Crippen LogP contribution in [0.25, 0.3) is 0 Å². The first-order valence-corrected chi connectivity index (χ1v) is 51.6. The quantitative estimate of drug-likeness (QED) is 0.0135. The summed E-state index contributed by atoms with van der Waals surface area (Å²) in [6.45, 7) is 23.4. The molecule has 0 amide bonds. The maximum Gasteiger partial charge on any atom is 0.297 e. The van der Waals surface area contributed by atoms with E-state index in [2.05, 4.69) is 140 Å². The molecule has 6 atom stereocenters. The lowest BCUT2D eigenvalue weighted by atomic mass is 9.89. The van der Waals surface area contributed by atoms with Crippen LogP contribution in [0.3, 0.4) is 0 Å². The molecule has 0 spiro atoms. The van der Waals surface area contributed by atoms with Gasteiger partial charge in [0.15, 0.2) is 0 Å². The van der Waals surface area contributed by atoms with Crippen molar-refractivity contribution in [3.05, 3.63) is 428 Å². The molecule has 0 unspecified atom stereocenters. The second-order valence-corrected chi connectivity index (χ2v) is 40.8. The topological polar surface area (TPSA) is 266 Å². The van der Waals surface area contributed by atoms with Crippen LogP contribution < -0.4 is 25.8 Å². The lowest BCUT2D eigenvalue weighted by molar-refractivity contribution is 0.117. The molecule has 0 saturated carbocycles. The van der Waals surface area contributed by atoms with Crippen molar-refractivity contribution >= 4 is 65.1 Å². The Morgan fingerprint density at radius 3 is 0.862 bits per heavy atom. The Morgan fingerprint density at radius 2 is 0.565 bits per heavy atom. The largest absolute Gasteiger partial charge is 0.376 e. The van der Waals surface area contributed by atoms with Gasteiger partial charge in [-0.25, -0.2) is 26.3 Å². The number of hydrogen-bond acceptors (Lipinski definition) is 17. The van der Waals surface area contributed by atoms with Gasteiger partial charge in [0, 0.05) is 25.0 Å². The zero-order valence-corrected chi connectivity index (χ0v) is 84.4. The summed E-state index contributed by atoms with van der Waals surface area (Å²) in [6, 6.07) is 85.5. The molecule has 0 aliphatic heterocycles. The number of halogens is 2. The van der Waals surface area contributed by atoms with Crippen LogP contribution in [0.2, 0.25) is 0 Å². The van der Waals surface area contributed by atoms with E-state index in [4.69, 9.17) is 33.0 Å². The minimum atomic E-state index is -3.77. The summed E-state index contributed by atoms with van der Waals surface area (Å²) >= 11 is 0. The number of nitrogens with one attached hydrogen (secondary N) is 4. The number of allylic oxidation sites excluding steroid dienone is 12. The molecule has 0 fully saturated rings. The molecule has 10 aromatic carbocycles. The van der Waals surface area contributed by atoms with E-state index in [0.717, 1.165) is 95.9 Å². The van der Waals surface area contributed by atoms with Crippen LogP contribution >= 0.6 is 24.8 Å². The van der Waals surface area contributed by atoms with Crippen molar-refractivity contribution in [3.63, 3.8) is 0 Å². The van der Waals surface area contributed by atoms with E-state index in [0.29, 0.717) is 58.6 Å². The monoisotopic (exact) mass is 1990 g/mol. The van der Waals surface area contributed by atoms with Gasteiger partial charge in [-0.1, -0.05) is 345 Å². The maximum absolute atomic E-state index is 13.5. The molecule has 742 valence electrons. The van der Waals surface area contributed by atoms with Crippen molar-refractivity contribution in [1.29, 1.82) is 0 Å². The van der Waals surface area contributed by atoms with Gasteiger partial charge < -0.3 is 35.3 Å². The summed E-state index contributed by atoms with van der Waals surface area (Å²) in [5.74, 6) is 0.337. The number of aryl methyl sites for hydroxylation is 4. The van der Waals surface area contributed by atoms with Crippen molar-refractivity contribution in [3.8, 4) is 0 Å². The molecule has 0 heterocycles. The molecule has 25 heteroatoms. The maximum atomic E-state index is 13.5. The normalized spacial score (nSPS) is 14.9. The van der Waals surface area contributed by atoms with Gasteiger partial charge in [0.05, 0.1) is 110 Å². The standard InChI is InChI=1S/2C31H36N2O3S.2C17H22O4S.C15H17N.2CH4.2ClH/c1-24-16-18-29(19-17-24)37(34,35)33-31(28-14-7-4-8-15-28)30(27-12-5-3-6-13-27)32-20-21-36-23-26-11-9-10-25(2)22-26;1-24-13-17-26(18-14-24)23-36-22-21-32-30(27-9-5-3-6-10-27)31(28-11-7-4-8-12-28)33-37(34,35)29-19-15-25(2)16-20-29;1-14-3-7-16(8-4-14)13-20-11-12-21-22(18,19)17-9-5-15(2)6-10-17;1-14-6-8-17(9-7-14)22(18,19)21-11-10-20-13-16-5-3-4-15(2)12-16;1-12(13-8-4-2-5-9-13)15(16)14-10-6-3-7-11-14;;;;/h3-8,10-19,30-33H,9,20-23H2,1-2H3;3-13,15-16,18-20,30-33H,14,17,21-23H2,1-2H3;3,5-6,8-10H,4,7,11-13H2,1-2H3;4-9H,3,10-13H2,1-2H3;2-12,15H,16H2,1H3;2*1H4;2*1H/t2*30-,31-;;;12-,15+;;;;/m11..1..../s1. The highest BCUT2D eigenvalue weighted by Crippen LogP contribution is 2.35. The van der Waals surface area contributed by atoms with Crippen LogP contribution in [0.15, 0.2) is 392 Å². The van der Waals surface area contributed by atoms with E-state index in [1.165, 1.54) is 55.7 Å². The molecule has 0 aromatic heterocycles. The minimum Gasteiger partial charge on any atom is -0.376 e. The minimum absolute atomic E-state index is 0. The summed E-state index contributed by atoms with van der Waals surface area (Å²) in [5, 5.41) is 7.16.